The number of hydrogen-bond acceptors (Lipinski definition) is 2. The van der Waals surface area contributed by atoms with Gasteiger partial charge in [0.05, 0.1) is 6.04 Å². The van der Waals surface area contributed by atoms with Crippen molar-refractivity contribution in [3.63, 3.8) is 0 Å². The second-order valence-corrected chi connectivity index (χ2v) is 6.45. The van der Waals surface area contributed by atoms with E-state index in [9.17, 15) is 0 Å². The summed E-state index contributed by atoms with van der Waals surface area (Å²) in [6.45, 7) is 6.52. The van der Waals surface area contributed by atoms with Crippen LogP contribution in [-0.4, -0.2) is 0 Å². The van der Waals surface area contributed by atoms with Gasteiger partial charge < -0.3 is 5.32 Å². The molecular weight excluding hydrogens is 306 g/mol. The van der Waals surface area contributed by atoms with Crippen molar-refractivity contribution in [1.29, 1.82) is 0 Å². The maximum absolute atomic E-state index is 3.64. The van der Waals surface area contributed by atoms with Gasteiger partial charge in [-0.25, -0.2) is 0 Å². The minimum absolute atomic E-state index is 0.341. The zero-order valence-electron chi connectivity index (χ0n) is 11.0. The van der Waals surface area contributed by atoms with Gasteiger partial charge in [0.2, 0.25) is 0 Å². The van der Waals surface area contributed by atoms with Gasteiger partial charge in [-0.2, -0.15) is 0 Å². The van der Waals surface area contributed by atoms with Crippen LogP contribution >= 0.6 is 27.3 Å². The van der Waals surface area contributed by atoms with Crippen molar-refractivity contribution in [1.82, 2.24) is 0 Å². The maximum atomic E-state index is 3.64. The van der Waals surface area contributed by atoms with Crippen molar-refractivity contribution in [2.45, 2.75) is 33.2 Å². The highest BCUT2D eigenvalue weighted by Gasteiger charge is 2.10. The zero-order chi connectivity index (χ0) is 13.1. The first kappa shape index (κ1) is 13.6. The van der Waals surface area contributed by atoms with Gasteiger partial charge in [0.1, 0.15) is 0 Å². The maximum Gasteiger partial charge on any atom is 0.0578 e. The molecule has 0 aliphatic rings. The molecule has 18 heavy (non-hydrogen) atoms. The molecule has 3 heteroatoms. The lowest BCUT2D eigenvalue weighted by atomic mass is 10.2. The third-order valence-corrected chi connectivity index (χ3v) is 5.49. The van der Waals surface area contributed by atoms with Gasteiger partial charge in [0, 0.05) is 19.9 Å². The average Bonchev–Trinajstić information content (AvgIpc) is 2.83. The Kier molecular flexibility index (Phi) is 4.46. The summed E-state index contributed by atoms with van der Waals surface area (Å²) in [5.41, 5.74) is 2.42. The van der Waals surface area contributed by atoms with Crippen LogP contribution in [-0.2, 0) is 6.42 Å². The summed E-state index contributed by atoms with van der Waals surface area (Å²) in [4.78, 5) is 2.84. The molecule has 0 spiro atoms. The molecule has 0 fully saturated rings. The van der Waals surface area contributed by atoms with Crippen LogP contribution in [0.1, 0.15) is 35.2 Å². The molecule has 2 aromatic rings. The minimum Gasteiger partial charge on any atom is -0.377 e. The van der Waals surface area contributed by atoms with E-state index in [0.29, 0.717) is 6.04 Å². The fourth-order valence-electron chi connectivity index (χ4n) is 1.88. The molecule has 0 bridgehead atoms. The SMILES string of the molecule is CCc1ccc(C(C)Nc2cccc(C)c2Br)s1. The fourth-order valence-corrected chi connectivity index (χ4v) is 3.21. The molecule has 0 radical (unpaired) electrons. The highest BCUT2D eigenvalue weighted by Crippen LogP contribution is 2.31. The first-order chi connectivity index (χ1) is 8.61. The van der Waals surface area contributed by atoms with Crippen molar-refractivity contribution in [3.8, 4) is 0 Å². The Morgan fingerprint density at radius 1 is 1.28 bits per heavy atom. The van der Waals surface area contributed by atoms with Crippen molar-refractivity contribution in [3.05, 3.63) is 50.1 Å². The Hall–Kier alpha value is -0.800. The van der Waals surface area contributed by atoms with Crippen LogP contribution in [0.3, 0.4) is 0 Å². The summed E-state index contributed by atoms with van der Waals surface area (Å²) in [6, 6.07) is 11.1. The molecule has 0 aliphatic carbocycles. The summed E-state index contributed by atoms with van der Waals surface area (Å²) in [5.74, 6) is 0. The Morgan fingerprint density at radius 2 is 2.06 bits per heavy atom. The largest absolute Gasteiger partial charge is 0.377 e. The minimum atomic E-state index is 0.341. The summed E-state index contributed by atoms with van der Waals surface area (Å²) in [6.07, 6.45) is 1.12. The first-order valence-electron chi connectivity index (χ1n) is 6.22. The Balaban J connectivity index is 2.15. The number of thiophene rings is 1. The second kappa shape index (κ2) is 5.89. The Bertz CT molecular complexity index is 533. The molecule has 0 aliphatic heterocycles. The summed E-state index contributed by atoms with van der Waals surface area (Å²) in [5, 5.41) is 3.57. The van der Waals surface area contributed by atoms with Crippen LogP contribution in [0.25, 0.3) is 0 Å². The molecule has 0 saturated carbocycles. The van der Waals surface area contributed by atoms with E-state index < -0.39 is 0 Å². The smallest absolute Gasteiger partial charge is 0.0578 e. The predicted molar refractivity (Wildman–Crippen MR) is 84.6 cm³/mol. The Morgan fingerprint density at radius 3 is 2.72 bits per heavy atom. The topological polar surface area (TPSA) is 12.0 Å². The van der Waals surface area contributed by atoms with E-state index >= 15 is 0 Å². The van der Waals surface area contributed by atoms with Crippen molar-refractivity contribution >= 4 is 33.0 Å². The molecule has 1 aromatic heterocycles. The number of halogens is 1. The van der Waals surface area contributed by atoms with Crippen LogP contribution in [0.15, 0.2) is 34.8 Å². The van der Waals surface area contributed by atoms with Crippen LogP contribution < -0.4 is 5.32 Å². The number of aryl methyl sites for hydroxylation is 2. The van der Waals surface area contributed by atoms with E-state index in [1.165, 1.54) is 15.3 Å². The van der Waals surface area contributed by atoms with Crippen LogP contribution in [0, 0.1) is 6.92 Å². The van der Waals surface area contributed by atoms with Crippen molar-refractivity contribution in [2.24, 2.45) is 0 Å². The summed E-state index contributed by atoms with van der Waals surface area (Å²) >= 11 is 5.53. The molecule has 0 amide bonds. The van der Waals surface area contributed by atoms with Crippen LogP contribution in [0.4, 0.5) is 5.69 Å². The number of nitrogens with one attached hydrogen (secondary N) is 1. The molecule has 1 aromatic carbocycles. The number of hydrogen-bond donors (Lipinski definition) is 1. The van der Waals surface area contributed by atoms with Crippen molar-refractivity contribution in [2.75, 3.05) is 5.32 Å². The van der Waals surface area contributed by atoms with Gasteiger partial charge in [-0.05, 0) is 60.0 Å². The quantitative estimate of drug-likeness (QED) is 0.777. The van der Waals surface area contributed by atoms with Crippen LogP contribution in [0.2, 0.25) is 0 Å². The van der Waals surface area contributed by atoms with Gasteiger partial charge >= 0.3 is 0 Å². The zero-order valence-corrected chi connectivity index (χ0v) is 13.4. The van der Waals surface area contributed by atoms with Gasteiger partial charge in [0.25, 0.3) is 0 Å². The average molecular weight is 324 g/mol. The van der Waals surface area contributed by atoms with E-state index in [2.05, 4.69) is 72.3 Å². The summed E-state index contributed by atoms with van der Waals surface area (Å²) in [7, 11) is 0. The van der Waals surface area contributed by atoms with Gasteiger partial charge in [-0.15, -0.1) is 11.3 Å². The highest BCUT2D eigenvalue weighted by atomic mass is 79.9. The lowest BCUT2D eigenvalue weighted by Crippen LogP contribution is -2.05. The van der Waals surface area contributed by atoms with Crippen molar-refractivity contribution < 1.29 is 0 Å². The van der Waals surface area contributed by atoms with E-state index in [4.69, 9.17) is 0 Å². The third-order valence-electron chi connectivity index (χ3n) is 3.02. The highest BCUT2D eigenvalue weighted by molar-refractivity contribution is 9.10. The molecule has 1 N–H and O–H groups in total. The second-order valence-electron chi connectivity index (χ2n) is 4.46. The lowest BCUT2D eigenvalue weighted by molar-refractivity contribution is 0.906. The molecule has 0 saturated heterocycles. The number of benzene rings is 1. The molecule has 96 valence electrons. The normalized spacial score (nSPS) is 12.4. The number of anilines is 1. The fraction of sp³-hybridized carbons (Fsp3) is 0.333. The van der Waals surface area contributed by atoms with E-state index in [1.54, 1.807) is 0 Å². The molecule has 1 atom stereocenters. The van der Waals surface area contributed by atoms with Gasteiger partial charge in [-0.1, -0.05) is 19.1 Å². The van der Waals surface area contributed by atoms with Gasteiger partial charge in [0.15, 0.2) is 0 Å². The molecule has 2 rings (SSSR count). The molecule has 1 unspecified atom stereocenters. The van der Waals surface area contributed by atoms with E-state index in [-0.39, 0.29) is 0 Å². The summed E-state index contributed by atoms with van der Waals surface area (Å²) < 4.78 is 1.16. The number of rotatable bonds is 4. The third kappa shape index (κ3) is 2.96. The Labute approximate surface area is 121 Å². The van der Waals surface area contributed by atoms with E-state index in [1.807, 2.05) is 11.3 Å². The monoisotopic (exact) mass is 323 g/mol. The molecular formula is C15H18BrNS. The first-order valence-corrected chi connectivity index (χ1v) is 7.83. The molecule has 1 heterocycles. The molecule has 1 nitrogen and oxygen atoms in total. The van der Waals surface area contributed by atoms with Crippen LogP contribution in [0.5, 0.6) is 0 Å². The van der Waals surface area contributed by atoms with E-state index in [0.717, 1.165) is 16.6 Å². The predicted octanol–water partition coefficient (Wildman–Crippen LogP) is 5.55. The lowest BCUT2D eigenvalue weighted by Gasteiger charge is -2.16. The standard InChI is InChI=1S/C15H18BrNS/c1-4-12-8-9-14(18-12)11(3)17-13-7-5-6-10(2)15(13)16/h5-9,11,17H,4H2,1-3H3. The van der Waals surface area contributed by atoms with Gasteiger partial charge in [-0.3, -0.25) is 0 Å².